The zero-order chi connectivity index (χ0) is 14.7. The van der Waals surface area contributed by atoms with E-state index in [0.717, 1.165) is 5.56 Å². The van der Waals surface area contributed by atoms with Gasteiger partial charge in [-0.05, 0) is 17.2 Å². The van der Waals surface area contributed by atoms with Gasteiger partial charge in [0.05, 0.1) is 11.1 Å². The van der Waals surface area contributed by atoms with Gasteiger partial charge < -0.3 is 10.2 Å². The molecule has 0 aromatic heterocycles. The molecule has 20 heavy (non-hydrogen) atoms. The number of benzene rings is 2. The second-order valence-electron chi connectivity index (χ2n) is 4.51. The van der Waals surface area contributed by atoms with Crippen molar-refractivity contribution in [2.45, 2.75) is 12.8 Å². The molecule has 102 valence electrons. The number of carboxylic acids is 2. The Hall–Kier alpha value is -2.62. The Morgan fingerprint density at radius 3 is 2.10 bits per heavy atom. The lowest BCUT2D eigenvalue weighted by atomic mass is 9.87. The van der Waals surface area contributed by atoms with Gasteiger partial charge in [0, 0.05) is 5.92 Å². The van der Waals surface area contributed by atoms with Crippen molar-refractivity contribution in [2.75, 3.05) is 0 Å². The SMILES string of the molecule is CC(c1ccccc1)c1cccc(C(=O)O)c1C(=O)O. The lowest BCUT2D eigenvalue weighted by Gasteiger charge is -2.16. The minimum atomic E-state index is -1.23. The van der Waals surface area contributed by atoms with Crippen molar-refractivity contribution in [2.24, 2.45) is 0 Å². The summed E-state index contributed by atoms with van der Waals surface area (Å²) in [6.07, 6.45) is 0. The Bertz CT molecular complexity index is 647. The molecule has 2 rings (SSSR count). The molecule has 0 fully saturated rings. The fourth-order valence-electron chi connectivity index (χ4n) is 2.27. The van der Waals surface area contributed by atoms with Gasteiger partial charge in [0.25, 0.3) is 0 Å². The largest absolute Gasteiger partial charge is 0.478 e. The number of carboxylic acid groups (broad SMARTS) is 2. The van der Waals surface area contributed by atoms with E-state index in [-0.39, 0.29) is 17.0 Å². The molecular weight excluding hydrogens is 256 g/mol. The van der Waals surface area contributed by atoms with Crippen molar-refractivity contribution in [1.82, 2.24) is 0 Å². The monoisotopic (exact) mass is 270 g/mol. The zero-order valence-electron chi connectivity index (χ0n) is 10.9. The van der Waals surface area contributed by atoms with Crippen LogP contribution in [0.3, 0.4) is 0 Å². The molecule has 0 aliphatic rings. The molecule has 1 atom stereocenters. The maximum absolute atomic E-state index is 11.4. The third-order valence-corrected chi connectivity index (χ3v) is 3.31. The van der Waals surface area contributed by atoms with Crippen molar-refractivity contribution >= 4 is 11.9 Å². The van der Waals surface area contributed by atoms with Gasteiger partial charge in [-0.1, -0.05) is 49.4 Å². The molecule has 0 radical (unpaired) electrons. The molecule has 4 nitrogen and oxygen atoms in total. The van der Waals surface area contributed by atoms with Gasteiger partial charge >= 0.3 is 11.9 Å². The van der Waals surface area contributed by atoms with Gasteiger partial charge in [-0.2, -0.15) is 0 Å². The molecule has 0 heterocycles. The molecule has 0 amide bonds. The predicted octanol–water partition coefficient (Wildman–Crippen LogP) is 3.23. The number of carbonyl (C=O) groups is 2. The van der Waals surface area contributed by atoms with Crippen molar-refractivity contribution in [3.8, 4) is 0 Å². The van der Waals surface area contributed by atoms with E-state index in [9.17, 15) is 14.7 Å². The van der Waals surface area contributed by atoms with Gasteiger partial charge in [0.1, 0.15) is 0 Å². The highest BCUT2D eigenvalue weighted by molar-refractivity contribution is 6.03. The predicted molar refractivity (Wildman–Crippen MR) is 74.3 cm³/mol. The van der Waals surface area contributed by atoms with E-state index in [4.69, 9.17) is 5.11 Å². The highest BCUT2D eigenvalue weighted by Crippen LogP contribution is 2.28. The summed E-state index contributed by atoms with van der Waals surface area (Å²) in [5.74, 6) is -2.65. The molecule has 0 bridgehead atoms. The summed E-state index contributed by atoms with van der Waals surface area (Å²) in [5.41, 5.74) is 1.12. The molecule has 0 aliphatic heterocycles. The Morgan fingerprint density at radius 1 is 0.900 bits per heavy atom. The van der Waals surface area contributed by atoms with Crippen molar-refractivity contribution in [1.29, 1.82) is 0 Å². The Balaban J connectivity index is 2.60. The summed E-state index contributed by atoms with van der Waals surface area (Å²) in [4.78, 5) is 22.6. The third-order valence-electron chi connectivity index (χ3n) is 3.31. The minimum absolute atomic E-state index is 0.142. The van der Waals surface area contributed by atoms with Gasteiger partial charge in [-0.15, -0.1) is 0 Å². The van der Waals surface area contributed by atoms with Gasteiger partial charge in [0.2, 0.25) is 0 Å². The normalized spacial score (nSPS) is 11.8. The first-order valence-corrected chi connectivity index (χ1v) is 6.16. The van der Waals surface area contributed by atoms with E-state index >= 15 is 0 Å². The molecule has 2 aromatic rings. The van der Waals surface area contributed by atoms with Crippen LogP contribution < -0.4 is 0 Å². The molecule has 2 N–H and O–H groups in total. The zero-order valence-corrected chi connectivity index (χ0v) is 10.9. The average Bonchev–Trinajstić information content (AvgIpc) is 2.46. The van der Waals surface area contributed by atoms with Crippen molar-refractivity contribution in [3.63, 3.8) is 0 Å². The number of hydrogen-bond donors (Lipinski definition) is 2. The minimum Gasteiger partial charge on any atom is -0.478 e. The summed E-state index contributed by atoms with van der Waals surface area (Å²) >= 11 is 0. The average molecular weight is 270 g/mol. The molecule has 0 saturated heterocycles. The number of hydrogen-bond acceptors (Lipinski definition) is 2. The maximum atomic E-state index is 11.4. The van der Waals surface area contributed by atoms with E-state index in [0.29, 0.717) is 5.56 Å². The molecule has 4 heteroatoms. The lowest BCUT2D eigenvalue weighted by Crippen LogP contribution is -2.13. The molecular formula is C16H14O4. The van der Waals surface area contributed by atoms with Crippen LogP contribution in [0, 0.1) is 0 Å². The van der Waals surface area contributed by atoms with Gasteiger partial charge in [-0.3, -0.25) is 0 Å². The van der Waals surface area contributed by atoms with Crippen molar-refractivity contribution in [3.05, 3.63) is 70.8 Å². The first-order valence-electron chi connectivity index (χ1n) is 6.16. The quantitative estimate of drug-likeness (QED) is 0.894. The topological polar surface area (TPSA) is 74.6 Å². The number of aromatic carboxylic acids is 2. The van der Waals surface area contributed by atoms with Crippen LogP contribution in [-0.2, 0) is 0 Å². The van der Waals surface area contributed by atoms with Crippen LogP contribution in [-0.4, -0.2) is 22.2 Å². The smallest absolute Gasteiger partial charge is 0.336 e. The van der Waals surface area contributed by atoms with E-state index in [1.54, 1.807) is 12.1 Å². The maximum Gasteiger partial charge on any atom is 0.336 e. The van der Waals surface area contributed by atoms with Crippen LogP contribution in [0.5, 0.6) is 0 Å². The first-order chi connectivity index (χ1) is 9.52. The summed E-state index contributed by atoms with van der Waals surface area (Å²) in [7, 11) is 0. The summed E-state index contributed by atoms with van der Waals surface area (Å²) in [6, 6.07) is 13.9. The van der Waals surface area contributed by atoms with Gasteiger partial charge in [0.15, 0.2) is 0 Å². The van der Waals surface area contributed by atoms with Crippen LogP contribution in [0.1, 0.15) is 44.7 Å². The van der Waals surface area contributed by atoms with Crippen LogP contribution in [0.2, 0.25) is 0 Å². The van der Waals surface area contributed by atoms with E-state index < -0.39 is 11.9 Å². The fraction of sp³-hybridized carbons (Fsp3) is 0.125. The molecule has 1 unspecified atom stereocenters. The highest BCUT2D eigenvalue weighted by Gasteiger charge is 2.23. The standard InChI is InChI=1S/C16H14O4/c1-10(11-6-3-2-4-7-11)12-8-5-9-13(15(17)18)14(12)16(19)20/h2-10H,1H3,(H,17,18)(H,19,20). The van der Waals surface area contributed by atoms with Crippen LogP contribution >= 0.6 is 0 Å². The van der Waals surface area contributed by atoms with E-state index in [1.807, 2.05) is 37.3 Å². The lowest BCUT2D eigenvalue weighted by molar-refractivity contribution is 0.0650. The summed E-state index contributed by atoms with van der Waals surface area (Å²) < 4.78 is 0. The molecule has 0 aliphatic carbocycles. The third kappa shape index (κ3) is 2.54. The Labute approximate surface area is 116 Å². The summed E-state index contributed by atoms with van der Waals surface area (Å²) in [5, 5.41) is 18.5. The van der Waals surface area contributed by atoms with E-state index in [2.05, 4.69) is 0 Å². The molecule has 0 spiro atoms. The van der Waals surface area contributed by atoms with Crippen LogP contribution in [0.4, 0.5) is 0 Å². The molecule has 0 saturated carbocycles. The first kappa shape index (κ1) is 13.8. The molecule has 2 aromatic carbocycles. The van der Waals surface area contributed by atoms with Crippen LogP contribution in [0.25, 0.3) is 0 Å². The Morgan fingerprint density at radius 2 is 1.55 bits per heavy atom. The van der Waals surface area contributed by atoms with Gasteiger partial charge in [-0.25, -0.2) is 9.59 Å². The van der Waals surface area contributed by atoms with Crippen molar-refractivity contribution < 1.29 is 19.8 Å². The fourth-order valence-corrected chi connectivity index (χ4v) is 2.27. The second-order valence-corrected chi connectivity index (χ2v) is 4.51. The second kappa shape index (κ2) is 5.57. The van der Waals surface area contributed by atoms with E-state index in [1.165, 1.54) is 6.07 Å². The van der Waals surface area contributed by atoms with Crippen LogP contribution in [0.15, 0.2) is 48.5 Å². The summed E-state index contributed by atoms with van der Waals surface area (Å²) in [6.45, 7) is 1.86. The Kier molecular flexibility index (Phi) is 3.84. The number of rotatable bonds is 4. The highest BCUT2D eigenvalue weighted by atomic mass is 16.4.